The normalized spacial score (nSPS) is 10.1. The van der Waals surface area contributed by atoms with Crippen LogP contribution in [0.4, 0.5) is 5.69 Å². The number of hydrogen-bond donors (Lipinski definition) is 1. The number of rotatable bonds is 5. The van der Waals surface area contributed by atoms with E-state index in [2.05, 4.69) is 21.2 Å². The van der Waals surface area contributed by atoms with Crippen molar-refractivity contribution in [1.29, 1.82) is 0 Å². The number of anilines is 1. The summed E-state index contributed by atoms with van der Waals surface area (Å²) in [6.07, 6.45) is 0.320. The minimum absolute atomic E-state index is 0.0586. The number of amides is 1. The SMILES string of the molecule is Cc1ccccc1OCCC(=O)Nc1cccc(Br)c1. The molecule has 0 fully saturated rings. The average molecular weight is 334 g/mol. The first kappa shape index (κ1) is 14.6. The molecule has 0 aliphatic rings. The summed E-state index contributed by atoms with van der Waals surface area (Å²) in [6.45, 7) is 2.35. The molecule has 4 heteroatoms. The highest BCUT2D eigenvalue weighted by Gasteiger charge is 2.04. The van der Waals surface area contributed by atoms with Gasteiger partial charge in [0.15, 0.2) is 0 Å². The lowest BCUT2D eigenvalue weighted by Gasteiger charge is -2.09. The molecule has 0 bridgehead atoms. The number of benzene rings is 2. The maximum Gasteiger partial charge on any atom is 0.227 e. The first-order valence-corrected chi connectivity index (χ1v) is 7.18. The Kier molecular flexibility index (Phi) is 5.18. The number of nitrogens with one attached hydrogen (secondary N) is 1. The van der Waals surface area contributed by atoms with Crippen molar-refractivity contribution in [3.8, 4) is 5.75 Å². The summed E-state index contributed by atoms with van der Waals surface area (Å²) < 4.78 is 6.54. The summed E-state index contributed by atoms with van der Waals surface area (Å²) in [7, 11) is 0. The van der Waals surface area contributed by atoms with E-state index < -0.39 is 0 Å². The highest BCUT2D eigenvalue weighted by molar-refractivity contribution is 9.10. The predicted molar refractivity (Wildman–Crippen MR) is 84.1 cm³/mol. The van der Waals surface area contributed by atoms with Gasteiger partial charge in [-0.2, -0.15) is 0 Å². The zero-order chi connectivity index (χ0) is 14.4. The van der Waals surface area contributed by atoms with Gasteiger partial charge in [0.05, 0.1) is 13.0 Å². The van der Waals surface area contributed by atoms with Crippen LogP contribution in [-0.2, 0) is 4.79 Å². The number of halogens is 1. The molecule has 2 aromatic carbocycles. The van der Waals surface area contributed by atoms with E-state index >= 15 is 0 Å². The molecule has 1 amide bonds. The van der Waals surface area contributed by atoms with Gasteiger partial charge >= 0.3 is 0 Å². The van der Waals surface area contributed by atoms with Crippen LogP contribution in [0.25, 0.3) is 0 Å². The molecule has 0 spiro atoms. The van der Waals surface area contributed by atoms with Crippen LogP contribution in [0.5, 0.6) is 5.75 Å². The Balaban J connectivity index is 1.80. The third kappa shape index (κ3) is 4.38. The zero-order valence-electron chi connectivity index (χ0n) is 11.2. The van der Waals surface area contributed by atoms with Crippen LogP contribution >= 0.6 is 15.9 Å². The molecular weight excluding hydrogens is 318 g/mol. The highest BCUT2D eigenvalue weighted by atomic mass is 79.9. The maximum absolute atomic E-state index is 11.8. The summed E-state index contributed by atoms with van der Waals surface area (Å²) in [5.41, 5.74) is 1.85. The highest BCUT2D eigenvalue weighted by Crippen LogP contribution is 2.17. The molecule has 0 saturated carbocycles. The molecule has 0 heterocycles. The van der Waals surface area contributed by atoms with Crippen LogP contribution in [0.2, 0.25) is 0 Å². The van der Waals surface area contributed by atoms with Crippen molar-refractivity contribution < 1.29 is 9.53 Å². The third-order valence-electron chi connectivity index (χ3n) is 2.79. The molecule has 20 heavy (non-hydrogen) atoms. The Labute approximate surface area is 127 Å². The Bertz CT molecular complexity index is 599. The van der Waals surface area contributed by atoms with Crippen LogP contribution < -0.4 is 10.1 Å². The molecule has 1 N–H and O–H groups in total. The van der Waals surface area contributed by atoms with Crippen molar-refractivity contribution in [3.63, 3.8) is 0 Å². The molecule has 2 rings (SSSR count). The fourth-order valence-electron chi connectivity index (χ4n) is 1.76. The van der Waals surface area contributed by atoms with Gasteiger partial charge in [0, 0.05) is 10.2 Å². The molecule has 0 unspecified atom stereocenters. The number of para-hydroxylation sites is 1. The number of aryl methyl sites for hydroxylation is 1. The number of carbonyl (C=O) groups excluding carboxylic acids is 1. The standard InChI is InChI=1S/C16H16BrNO2/c1-12-5-2-3-8-15(12)20-10-9-16(19)18-14-7-4-6-13(17)11-14/h2-8,11H,9-10H2,1H3,(H,18,19). The van der Waals surface area contributed by atoms with E-state index in [1.54, 1.807) is 0 Å². The second-order valence-electron chi connectivity index (χ2n) is 4.42. The summed E-state index contributed by atoms with van der Waals surface area (Å²) >= 11 is 3.37. The van der Waals surface area contributed by atoms with Gasteiger partial charge in [-0.3, -0.25) is 4.79 Å². The fourth-order valence-corrected chi connectivity index (χ4v) is 2.16. The lowest BCUT2D eigenvalue weighted by Crippen LogP contribution is -2.15. The van der Waals surface area contributed by atoms with Crippen molar-refractivity contribution >= 4 is 27.5 Å². The van der Waals surface area contributed by atoms with E-state index in [0.717, 1.165) is 21.5 Å². The van der Waals surface area contributed by atoms with E-state index in [-0.39, 0.29) is 5.91 Å². The van der Waals surface area contributed by atoms with Gasteiger partial charge in [-0.05, 0) is 36.8 Å². The minimum Gasteiger partial charge on any atom is -0.493 e. The van der Waals surface area contributed by atoms with Crippen molar-refractivity contribution in [2.45, 2.75) is 13.3 Å². The van der Waals surface area contributed by atoms with E-state index in [1.165, 1.54) is 0 Å². The van der Waals surface area contributed by atoms with Crippen molar-refractivity contribution in [3.05, 3.63) is 58.6 Å². The molecule has 0 aliphatic heterocycles. The Morgan fingerprint density at radius 3 is 2.75 bits per heavy atom. The first-order chi connectivity index (χ1) is 9.65. The van der Waals surface area contributed by atoms with E-state index in [0.29, 0.717) is 13.0 Å². The second-order valence-corrected chi connectivity index (χ2v) is 5.34. The molecule has 0 aliphatic carbocycles. The monoisotopic (exact) mass is 333 g/mol. The second kappa shape index (κ2) is 7.10. The third-order valence-corrected chi connectivity index (χ3v) is 3.28. The van der Waals surface area contributed by atoms with Gasteiger partial charge in [0.2, 0.25) is 5.91 Å². The Hall–Kier alpha value is -1.81. The van der Waals surface area contributed by atoms with E-state index in [4.69, 9.17) is 4.74 Å². The Morgan fingerprint density at radius 1 is 1.20 bits per heavy atom. The summed E-state index contributed by atoms with van der Waals surface area (Å²) in [5, 5.41) is 2.83. The molecule has 0 atom stereocenters. The largest absolute Gasteiger partial charge is 0.493 e. The molecule has 0 radical (unpaired) electrons. The van der Waals surface area contributed by atoms with Crippen LogP contribution in [-0.4, -0.2) is 12.5 Å². The smallest absolute Gasteiger partial charge is 0.227 e. The van der Waals surface area contributed by atoms with Gasteiger partial charge in [-0.1, -0.05) is 40.2 Å². The van der Waals surface area contributed by atoms with E-state index in [9.17, 15) is 4.79 Å². The molecule has 0 aromatic heterocycles. The van der Waals surface area contributed by atoms with Gasteiger partial charge < -0.3 is 10.1 Å². The maximum atomic E-state index is 11.8. The predicted octanol–water partition coefficient (Wildman–Crippen LogP) is 4.17. The molecular formula is C16H16BrNO2. The van der Waals surface area contributed by atoms with Gasteiger partial charge in [-0.25, -0.2) is 0 Å². The average Bonchev–Trinajstić information content (AvgIpc) is 2.41. The zero-order valence-corrected chi connectivity index (χ0v) is 12.8. The molecule has 3 nitrogen and oxygen atoms in total. The minimum atomic E-state index is -0.0586. The van der Waals surface area contributed by atoms with E-state index in [1.807, 2.05) is 55.5 Å². The quantitative estimate of drug-likeness (QED) is 0.891. The lowest BCUT2D eigenvalue weighted by atomic mass is 10.2. The van der Waals surface area contributed by atoms with Crippen LogP contribution in [0.3, 0.4) is 0 Å². The van der Waals surface area contributed by atoms with Gasteiger partial charge in [0.25, 0.3) is 0 Å². The summed E-state index contributed by atoms with van der Waals surface area (Å²) in [5.74, 6) is 0.763. The topological polar surface area (TPSA) is 38.3 Å². The number of carbonyl (C=O) groups is 1. The van der Waals surface area contributed by atoms with Crippen molar-refractivity contribution in [1.82, 2.24) is 0 Å². The first-order valence-electron chi connectivity index (χ1n) is 6.39. The number of hydrogen-bond acceptors (Lipinski definition) is 2. The lowest BCUT2D eigenvalue weighted by molar-refractivity contribution is -0.116. The number of ether oxygens (including phenoxy) is 1. The fraction of sp³-hybridized carbons (Fsp3) is 0.188. The van der Waals surface area contributed by atoms with Crippen molar-refractivity contribution in [2.75, 3.05) is 11.9 Å². The van der Waals surface area contributed by atoms with Crippen LogP contribution in [0.15, 0.2) is 53.0 Å². The van der Waals surface area contributed by atoms with Gasteiger partial charge in [-0.15, -0.1) is 0 Å². The molecule has 2 aromatic rings. The summed E-state index contributed by atoms with van der Waals surface area (Å²) in [6, 6.07) is 15.3. The van der Waals surface area contributed by atoms with Crippen molar-refractivity contribution in [2.24, 2.45) is 0 Å². The summed E-state index contributed by atoms with van der Waals surface area (Å²) in [4.78, 5) is 11.8. The molecule has 104 valence electrons. The molecule has 0 saturated heterocycles. The Morgan fingerprint density at radius 2 is 2.00 bits per heavy atom. The van der Waals surface area contributed by atoms with Crippen LogP contribution in [0.1, 0.15) is 12.0 Å². The van der Waals surface area contributed by atoms with Crippen LogP contribution in [0, 0.1) is 6.92 Å². The van der Waals surface area contributed by atoms with Gasteiger partial charge in [0.1, 0.15) is 5.75 Å².